The van der Waals surface area contributed by atoms with E-state index in [0.717, 1.165) is 18.7 Å². The lowest BCUT2D eigenvalue weighted by Gasteiger charge is -2.31. The van der Waals surface area contributed by atoms with Crippen LogP contribution in [0.3, 0.4) is 0 Å². The zero-order valence-electron chi connectivity index (χ0n) is 22.1. The summed E-state index contributed by atoms with van der Waals surface area (Å²) >= 11 is 12.5. The first kappa shape index (κ1) is 28.2. The molecule has 3 aromatic carbocycles. The number of amides is 1. The van der Waals surface area contributed by atoms with Gasteiger partial charge in [0.15, 0.2) is 0 Å². The Morgan fingerprint density at radius 3 is 2.42 bits per heavy atom. The first-order valence-corrected chi connectivity index (χ1v) is 13.9. The van der Waals surface area contributed by atoms with Crippen LogP contribution in [-0.4, -0.2) is 66.0 Å². The van der Waals surface area contributed by atoms with E-state index < -0.39 is 17.7 Å². The summed E-state index contributed by atoms with van der Waals surface area (Å²) in [5.41, 5.74) is 2.80. The number of ketones is 1. The molecule has 2 fully saturated rings. The van der Waals surface area contributed by atoms with Crippen LogP contribution in [0.1, 0.15) is 28.3 Å². The molecule has 1 unspecified atom stereocenters. The fourth-order valence-electron chi connectivity index (χ4n) is 5.09. The number of nitrogens with zero attached hydrogens (tertiary/aromatic N) is 2. The fraction of sp³-hybridized carbons (Fsp3) is 0.290. The molecule has 2 heterocycles. The minimum Gasteiger partial charge on any atom is -0.507 e. The highest BCUT2D eigenvalue weighted by Gasteiger charge is 2.46. The molecule has 0 bridgehead atoms. The molecule has 5 rings (SSSR count). The van der Waals surface area contributed by atoms with Gasteiger partial charge in [0.2, 0.25) is 0 Å². The predicted molar refractivity (Wildman–Crippen MR) is 155 cm³/mol. The largest absolute Gasteiger partial charge is 0.507 e. The molecular weight excluding hydrogens is 551 g/mol. The quantitative estimate of drug-likeness (QED) is 0.211. The summed E-state index contributed by atoms with van der Waals surface area (Å²) in [6.45, 7) is 5.85. The van der Waals surface area contributed by atoms with Gasteiger partial charge in [0, 0.05) is 31.7 Å². The van der Waals surface area contributed by atoms with Crippen LogP contribution in [0.5, 0.6) is 5.75 Å². The summed E-state index contributed by atoms with van der Waals surface area (Å²) in [6, 6.07) is 19.3. The minimum atomic E-state index is -0.816. The summed E-state index contributed by atoms with van der Waals surface area (Å²) < 4.78 is 11.4. The number of Topliss-reactive ketones (excluding diaryl/α,β-unsaturated/α-hetero) is 1. The number of halogens is 2. The van der Waals surface area contributed by atoms with Crippen molar-refractivity contribution >= 4 is 40.7 Å². The van der Waals surface area contributed by atoms with Gasteiger partial charge in [0.1, 0.15) is 18.1 Å². The monoisotopic (exact) mass is 580 g/mol. The van der Waals surface area contributed by atoms with E-state index in [1.165, 1.54) is 4.90 Å². The maximum atomic E-state index is 13.4. The van der Waals surface area contributed by atoms with Crippen molar-refractivity contribution in [3.05, 3.63) is 105 Å². The normalized spacial score (nSPS) is 19.3. The summed E-state index contributed by atoms with van der Waals surface area (Å²) in [5, 5.41) is 12.2. The Kier molecular flexibility index (Phi) is 8.76. The Morgan fingerprint density at radius 1 is 0.975 bits per heavy atom. The topological polar surface area (TPSA) is 79.3 Å². The van der Waals surface area contributed by atoms with Gasteiger partial charge in [-0.25, -0.2) is 0 Å². The second kappa shape index (κ2) is 12.4. The standard InChI is InChI=1S/C31H30Cl2N2O5/c1-20-17-23(40-19-21-5-3-2-4-6-21)8-9-24(20)29(36)27-28(22-7-10-25(32)26(33)18-22)35(31(38)30(27)37)12-11-34-13-15-39-16-14-34/h2-10,17-18,28,36H,11-16,19H2,1H3/b29-27-. The minimum absolute atomic E-state index is 0.0198. The molecule has 208 valence electrons. The van der Waals surface area contributed by atoms with Crippen molar-refractivity contribution in [2.75, 3.05) is 39.4 Å². The van der Waals surface area contributed by atoms with Gasteiger partial charge in [0.25, 0.3) is 11.7 Å². The van der Waals surface area contributed by atoms with Crippen LogP contribution in [0.2, 0.25) is 10.0 Å². The molecule has 1 N–H and O–H groups in total. The number of hydrogen-bond acceptors (Lipinski definition) is 6. The van der Waals surface area contributed by atoms with Crippen LogP contribution in [0.15, 0.2) is 72.3 Å². The maximum absolute atomic E-state index is 13.4. The summed E-state index contributed by atoms with van der Waals surface area (Å²) in [5.74, 6) is -1.01. The third kappa shape index (κ3) is 6.03. The number of rotatable bonds is 8. The maximum Gasteiger partial charge on any atom is 0.295 e. The Morgan fingerprint density at radius 2 is 1.73 bits per heavy atom. The van der Waals surface area contributed by atoms with E-state index in [1.54, 1.807) is 36.4 Å². The fourth-order valence-corrected chi connectivity index (χ4v) is 5.40. The van der Waals surface area contributed by atoms with Gasteiger partial charge in [0.05, 0.1) is 34.9 Å². The van der Waals surface area contributed by atoms with Gasteiger partial charge in [-0.05, 0) is 53.9 Å². The van der Waals surface area contributed by atoms with Crippen molar-refractivity contribution in [3.8, 4) is 5.75 Å². The van der Waals surface area contributed by atoms with Crippen molar-refractivity contribution in [3.63, 3.8) is 0 Å². The Balaban J connectivity index is 1.47. The second-order valence-electron chi connectivity index (χ2n) is 9.87. The predicted octanol–water partition coefficient (Wildman–Crippen LogP) is 5.63. The Labute approximate surface area is 243 Å². The molecule has 0 aromatic heterocycles. The van der Waals surface area contributed by atoms with Gasteiger partial charge >= 0.3 is 0 Å². The van der Waals surface area contributed by atoms with Crippen LogP contribution >= 0.6 is 23.2 Å². The van der Waals surface area contributed by atoms with Crippen LogP contribution < -0.4 is 4.74 Å². The molecule has 2 aliphatic heterocycles. The zero-order valence-corrected chi connectivity index (χ0v) is 23.6. The lowest BCUT2D eigenvalue weighted by atomic mass is 9.94. The van der Waals surface area contributed by atoms with Gasteiger partial charge in [-0.15, -0.1) is 0 Å². The number of carbonyl (C=O) groups excluding carboxylic acids is 2. The number of ether oxygens (including phenoxy) is 2. The van der Waals surface area contributed by atoms with Crippen LogP contribution in [0.25, 0.3) is 5.76 Å². The Bertz CT molecular complexity index is 1440. The van der Waals surface area contributed by atoms with E-state index >= 15 is 0 Å². The second-order valence-corrected chi connectivity index (χ2v) is 10.7. The lowest BCUT2D eigenvalue weighted by Crippen LogP contribution is -2.42. The number of hydrogen-bond donors (Lipinski definition) is 1. The average molecular weight is 581 g/mol. The molecule has 2 saturated heterocycles. The zero-order chi connectivity index (χ0) is 28.2. The van der Waals surface area contributed by atoms with Gasteiger partial charge in [-0.1, -0.05) is 59.6 Å². The van der Waals surface area contributed by atoms with E-state index in [0.29, 0.717) is 65.4 Å². The van der Waals surface area contributed by atoms with Gasteiger partial charge < -0.3 is 19.5 Å². The molecule has 40 heavy (non-hydrogen) atoms. The number of carbonyl (C=O) groups is 2. The van der Waals surface area contributed by atoms with Crippen LogP contribution in [0, 0.1) is 6.92 Å². The van der Waals surface area contributed by atoms with Crippen molar-refractivity contribution in [1.82, 2.24) is 9.80 Å². The molecule has 9 heteroatoms. The summed E-state index contributed by atoms with van der Waals surface area (Å²) in [7, 11) is 0. The molecule has 2 aliphatic rings. The Hall–Kier alpha value is -3.36. The highest BCUT2D eigenvalue weighted by molar-refractivity contribution is 6.47. The van der Waals surface area contributed by atoms with E-state index in [4.69, 9.17) is 32.7 Å². The first-order chi connectivity index (χ1) is 19.3. The van der Waals surface area contributed by atoms with Crippen molar-refractivity contribution in [2.45, 2.75) is 19.6 Å². The average Bonchev–Trinajstić information content (AvgIpc) is 3.22. The number of likely N-dealkylation sites (tertiary alicyclic amines) is 1. The molecule has 0 spiro atoms. The number of aliphatic hydroxyl groups excluding tert-OH is 1. The molecule has 0 aliphatic carbocycles. The van der Waals surface area contributed by atoms with Crippen molar-refractivity contribution in [1.29, 1.82) is 0 Å². The lowest BCUT2D eigenvalue weighted by molar-refractivity contribution is -0.140. The number of aryl methyl sites for hydroxylation is 1. The smallest absolute Gasteiger partial charge is 0.295 e. The molecule has 1 amide bonds. The molecule has 3 aromatic rings. The van der Waals surface area contributed by atoms with E-state index in [2.05, 4.69) is 4.90 Å². The SMILES string of the molecule is Cc1cc(OCc2ccccc2)ccc1/C(O)=C1/C(=O)C(=O)N(CCN2CCOCC2)C1c1ccc(Cl)c(Cl)c1. The first-order valence-electron chi connectivity index (χ1n) is 13.1. The molecule has 0 radical (unpaired) electrons. The third-order valence-corrected chi connectivity index (χ3v) is 8.00. The number of morpholine rings is 1. The highest BCUT2D eigenvalue weighted by Crippen LogP contribution is 2.41. The van der Waals surface area contributed by atoms with Crippen molar-refractivity contribution < 1.29 is 24.2 Å². The van der Waals surface area contributed by atoms with Gasteiger partial charge in [-0.3, -0.25) is 14.5 Å². The van der Waals surface area contributed by atoms with Crippen molar-refractivity contribution in [2.24, 2.45) is 0 Å². The number of aliphatic hydroxyl groups is 1. The van der Waals surface area contributed by atoms with Crippen LogP contribution in [0.4, 0.5) is 0 Å². The summed E-state index contributed by atoms with van der Waals surface area (Å²) in [4.78, 5) is 30.5. The third-order valence-electron chi connectivity index (χ3n) is 7.26. The summed E-state index contributed by atoms with van der Waals surface area (Å²) in [6.07, 6.45) is 0. The van der Waals surface area contributed by atoms with E-state index in [-0.39, 0.29) is 11.3 Å². The van der Waals surface area contributed by atoms with Gasteiger partial charge in [-0.2, -0.15) is 0 Å². The molecule has 7 nitrogen and oxygen atoms in total. The molecule has 1 atom stereocenters. The highest BCUT2D eigenvalue weighted by atomic mass is 35.5. The molecular formula is C31H30Cl2N2O5. The molecule has 0 saturated carbocycles. The van der Waals surface area contributed by atoms with E-state index in [9.17, 15) is 14.7 Å². The van der Waals surface area contributed by atoms with Crippen LogP contribution in [-0.2, 0) is 20.9 Å². The van der Waals surface area contributed by atoms with E-state index in [1.807, 2.05) is 37.3 Å². The number of benzene rings is 3.